The highest BCUT2D eigenvalue weighted by Gasteiger charge is 2.28. The molecular weight excluding hydrogens is 277 g/mol. The maximum absolute atomic E-state index is 13.4. The Morgan fingerprint density at radius 3 is 2.65 bits per heavy atom. The molecule has 1 atom stereocenters. The van der Waals surface area contributed by atoms with Gasteiger partial charge in [-0.2, -0.15) is 5.10 Å². The first-order chi connectivity index (χ1) is 9.63. The summed E-state index contributed by atoms with van der Waals surface area (Å²) in [6, 6.07) is 13.8. The van der Waals surface area contributed by atoms with Gasteiger partial charge >= 0.3 is 0 Å². The van der Waals surface area contributed by atoms with Gasteiger partial charge in [0.2, 0.25) is 0 Å². The fourth-order valence-corrected chi connectivity index (χ4v) is 2.46. The second-order valence-electron chi connectivity index (χ2n) is 4.69. The van der Waals surface area contributed by atoms with Crippen LogP contribution in [0, 0.1) is 5.82 Å². The van der Waals surface area contributed by atoms with Crippen LogP contribution in [-0.4, -0.2) is 5.84 Å². The molecule has 0 amide bonds. The summed E-state index contributed by atoms with van der Waals surface area (Å²) in [5.41, 5.74) is 7.58. The number of halogens is 2. The lowest BCUT2D eigenvalue weighted by atomic mass is 10.0. The van der Waals surface area contributed by atoms with E-state index in [1.54, 1.807) is 11.1 Å². The van der Waals surface area contributed by atoms with Crippen molar-refractivity contribution in [2.45, 2.75) is 12.5 Å². The highest BCUT2D eigenvalue weighted by molar-refractivity contribution is 6.30. The number of nitrogens with two attached hydrogens (primary N) is 1. The van der Waals surface area contributed by atoms with Crippen molar-refractivity contribution >= 4 is 23.1 Å². The molecule has 20 heavy (non-hydrogen) atoms. The molecule has 3 nitrogen and oxygen atoms in total. The maximum Gasteiger partial charge on any atom is 0.125 e. The zero-order valence-corrected chi connectivity index (χ0v) is 11.4. The zero-order valence-electron chi connectivity index (χ0n) is 10.6. The number of hydrogen-bond donors (Lipinski definition) is 1. The number of hydrazone groups is 1. The Hall–Kier alpha value is -2.07. The molecule has 3 rings (SSSR count). The largest absolute Gasteiger partial charge is 0.386 e. The van der Waals surface area contributed by atoms with Crippen LogP contribution in [0.15, 0.2) is 53.6 Å². The van der Waals surface area contributed by atoms with Crippen LogP contribution in [0.4, 0.5) is 10.1 Å². The minimum atomic E-state index is -0.293. The van der Waals surface area contributed by atoms with Gasteiger partial charge in [0.05, 0.1) is 11.7 Å². The Labute approximate surface area is 121 Å². The summed E-state index contributed by atoms with van der Waals surface area (Å²) in [4.78, 5) is 0. The molecule has 2 aromatic carbocycles. The van der Waals surface area contributed by atoms with E-state index in [9.17, 15) is 4.39 Å². The molecule has 0 saturated heterocycles. The number of hydrogen-bond acceptors (Lipinski definition) is 3. The summed E-state index contributed by atoms with van der Waals surface area (Å²) >= 11 is 5.90. The van der Waals surface area contributed by atoms with Crippen LogP contribution < -0.4 is 10.7 Å². The molecule has 0 saturated carbocycles. The fraction of sp³-hybridized carbons (Fsp3) is 0.133. The minimum Gasteiger partial charge on any atom is -0.386 e. The van der Waals surface area contributed by atoms with Crippen molar-refractivity contribution in [2.75, 3.05) is 5.01 Å². The normalized spacial score (nSPS) is 18.2. The molecule has 102 valence electrons. The predicted molar refractivity (Wildman–Crippen MR) is 79.3 cm³/mol. The number of amidine groups is 1. The van der Waals surface area contributed by atoms with E-state index in [1.165, 1.54) is 12.1 Å². The van der Waals surface area contributed by atoms with Crippen molar-refractivity contribution in [1.82, 2.24) is 0 Å². The summed E-state index contributed by atoms with van der Waals surface area (Å²) in [7, 11) is 0. The molecule has 0 aliphatic carbocycles. The van der Waals surface area contributed by atoms with Crippen LogP contribution in [0.2, 0.25) is 5.02 Å². The third-order valence-electron chi connectivity index (χ3n) is 3.26. The van der Waals surface area contributed by atoms with Gasteiger partial charge in [-0.15, -0.1) is 0 Å². The van der Waals surface area contributed by atoms with E-state index in [-0.39, 0.29) is 11.9 Å². The van der Waals surface area contributed by atoms with Crippen molar-refractivity contribution < 1.29 is 4.39 Å². The molecule has 5 heteroatoms. The molecule has 0 radical (unpaired) electrons. The van der Waals surface area contributed by atoms with E-state index in [2.05, 4.69) is 5.10 Å². The topological polar surface area (TPSA) is 41.6 Å². The van der Waals surface area contributed by atoms with E-state index in [0.717, 1.165) is 5.56 Å². The maximum atomic E-state index is 13.4. The summed E-state index contributed by atoms with van der Waals surface area (Å²) in [6.45, 7) is 0. The average Bonchev–Trinajstić information content (AvgIpc) is 2.82. The van der Waals surface area contributed by atoms with E-state index >= 15 is 0 Å². The van der Waals surface area contributed by atoms with Crippen LogP contribution in [0.25, 0.3) is 0 Å². The molecule has 0 aromatic heterocycles. The lowest BCUT2D eigenvalue weighted by molar-refractivity contribution is 0.624. The highest BCUT2D eigenvalue weighted by Crippen LogP contribution is 2.34. The van der Waals surface area contributed by atoms with Crippen molar-refractivity contribution in [1.29, 1.82) is 0 Å². The average molecular weight is 290 g/mol. The van der Waals surface area contributed by atoms with Crippen molar-refractivity contribution in [3.8, 4) is 0 Å². The Morgan fingerprint density at radius 1 is 1.20 bits per heavy atom. The van der Waals surface area contributed by atoms with E-state index in [0.29, 0.717) is 23.0 Å². The van der Waals surface area contributed by atoms with Crippen LogP contribution in [0.5, 0.6) is 0 Å². The molecule has 0 bridgehead atoms. The number of anilines is 1. The highest BCUT2D eigenvalue weighted by atomic mass is 35.5. The first kappa shape index (κ1) is 12.9. The van der Waals surface area contributed by atoms with Crippen LogP contribution in [0.3, 0.4) is 0 Å². The molecule has 1 aliphatic rings. The Bertz CT molecular complexity index is 654. The van der Waals surface area contributed by atoms with Gasteiger partial charge in [-0.05, 0) is 35.9 Å². The molecule has 2 aromatic rings. The Balaban J connectivity index is 1.97. The Kier molecular flexibility index (Phi) is 3.32. The van der Waals surface area contributed by atoms with Crippen molar-refractivity contribution in [3.05, 3.63) is 64.9 Å². The van der Waals surface area contributed by atoms with E-state index in [1.807, 2.05) is 30.3 Å². The van der Waals surface area contributed by atoms with Gasteiger partial charge in [-0.25, -0.2) is 4.39 Å². The summed E-state index contributed by atoms with van der Waals surface area (Å²) in [5, 5.41) is 6.74. The van der Waals surface area contributed by atoms with Gasteiger partial charge < -0.3 is 5.73 Å². The first-order valence-electron chi connectivity index (χ1n) is 6.27. The second-order valence-corrected chi connectivity index (χ2v) is 5.12. The molecule has 1 aliphatic heterocycles. The zero-order chi connectivity index (χ0) is 14.1. The third-order valence-corrected chi connectivity index (χ3v) is 3.51. The van der Waals surface area contributed by atoms with Crippen LogP contribution in [-0.2, 0) is 0 Å². The summed E-state index contributed by atoms with van der Waals surface area (Å²) in [6.07, 6.45) is 0.609. The monoisotopic (exact) mass is 289 g/mol. The quantitative estimate of drug-likeness (QED) is 0.916. The van der Waals surface area contributed by atoms with Gasteiger partial charge in [-0.1, -0.05) is 29.8 Å². The number of rotatable bonds is 2. The van der Waals surface area contributed by atoms with Gasteiger partial charge in [0.15, 0.2) is 0 Å². The lowest BCUT2D eigenvalue weighted by Gasteiger charge is -2.23. The molecule has 0 spiro atoms. The van der Waals surface area contributed by atoms with Gasteiger partial charge in [0.1, 0.15) is 11.7 Å². The molecular formula is C15H13ClFN3. The van der Waals surface area contributed by atoms with Gasteiger partial charge in [0.25, 0.3) is 0 Å². The minimum absolute atomic E-state index is 0.0333. The van der Waals surface area contributed by atoms with Gasteiger partial charge in [0, 0.05) is 11.4 Å². The van der Waals surface area contributed by atoms with E-state index < -0.39 is 0 Å². The molecule has 1 heterocycles. The van der Waals surface area contributed by atoms with E-state index in [4.69, 9.17) is 17.3 Å². The standard InChI is InChI=1S/C15H13ClFN3/c16-11-6-4-10(5-7-11)14-9-15(18)19-20(14)13-3-1-2-12(17)8-13/h1-8,14H,9H2,(H2,18,19). The first-order valence-corrected chi connectivity index (χ1v) is 6.64. The smallest absolute Gasteiger partial charge is 0.125 e. The van der Waals surface area contributed by atoms with Crippen LogP contribution >= 0.6 is 11.6 Å². The summed E-state index contributed by atoms with van der Waals surface area (Å²) in [5.74, 6) is 0.243. The number of nitrogens with zero attached hydrogens (tertiary/aromatic N) is 2. The molecule has 0 fully saturated rings. The second kappa shape index (κ2) is 5.13. The fourth-order valence-electron chi connectivity index (χ4n) is 2.33. The third kappa shape index (κ3) is 2.47. The predicted octanol–water partition coefficient (Wildman–Crippen LogP) is 3.70. The summed E-state index contributed by atoms with van der Waals surface area (Å²) < 4.78 is 13.4. The van der Waals surface area contributed by atoms with Crippen molar-refractivity contribution in [2.24, 2.45) is 10.8 Å². The van der Waals surface area contributed by atoms with Crippen molar-refractivity contribution in [3.63, 3.8) is 0 Å². The molecule has 2 N–H and O–H groups in total. The SMILES string of the molecule is NC1=NN(c2cccc(F)c2)C(c2ccc(Cl)cc2)C1. The Morgan fingerprint density at radius 2 is 1.95 bits per heavy atom. The van der Waals surface area contributed by atoms with Gasteiger partial charge in [-0.3, -0.25) is 5.01 Å². The number of benzene rings is 2. The molecule has 1 unspecified atom stereocenters. The van der Waals surface area contributed by atoms with Crippen LogP contribution in [0.1, 0.15) is 18.0 Å². The lowest BCUT2D eigenvalue weighted by Crippen LogP contribution is -2.18.